The summed E-state index contributed by atoms with van der Waals surface area (Å²) in [6, 6.07) is 1.95. The van der Waals surface area contributed by atoms with Crippen molar-refractivity contribution in [3.8, 4) is 0 Å². The number of carbonyl (C=O) groups excluding carboxylic acids is 1. The number of benzene rings is 1. The number of unbranched alkanes of at least 4 members (excludes halogenated alkanes) is 1. The summed E-state index contributed by atoms with van der Waals surface area (Å²) in [7, 11) is 1.60. The standard InChI is InChI=1S/C12H17F2N3O/c1-3-4-5-17(2)12(18)8-6-9(13)11(16-15)10(14)7-8/h6-7,16H,3-5,15H2,1-2H3. The molecular formula is C12H17F2N3O. The number of nitrogens with zero attached hydrogens (tertiary/aromatic N) is 1. The lowest BCUT2D eigenvalue weighted by Crippen LogP contribution is -2.28. The first-order valence-electron chi connectivity index (χ1n) is 5.72. The Morgan fingerprint density at radius 3 is 2.39 bits per heavy atom. The molecule has 1 aromatic rings. The number of anilines is 1. The number of hydrazine groups is 1. The minimum Gasteiger partial charge on any atom is -0.342 e. The third-order valence-electron chi connectivity index (χ3n) is 2.63. The number of amides is 1. The summed E-state index contributed by atoms with van der Waals surface area (Å²) in [4.78, 5) is 13.3. The summed E-state index contributed by atoms with van der Waals surface area (Å²) in [5.74, 6) is 2.80. The third-order valence-corrected chi connectivity index (χ3v) is 2.63. The van der Waals surface area contributed by atoms with Crippen molar-refractivity contribution in [1.29, 1.82) is 0 Å². The maximum Gasteiger partial charge on any atom is 0.253 e. The lowest BCUT2D eigenvalue weighted by atomic mass is 10.1. The quantitative estimate of drug-likeness (QED) is 0.627. The van der Waals surface area contributed by atoms with E-state index in [0.29, 0.717) is 6.54 Å². The van der Waals surface area contributed by atoms with Crippen LogP contribution in [-0.4, -0.2) is 24.4 Å². The molecule has 1 rings (SSSR count). The molecule has 4 nitrogen and oxygen atoms in total. The van der Waals surface area contributed by atoms with Gasteiger partial charge in [0.1, 0.15) is 5.69 Å². The average molecular weight is 257 g/mol. The number of halogens is 2. The Morgan fingerprint density at radius 2 is 1.94 bits per heavy atom. The smallest absolute Gasteiger partial charge is 0.253 e. The van der Waals surface area contributed by atoms with Gasteiger partial charge < -0.3 is 10.3 Å². The number of nitrogens with one attached hydrogen (secondary N) is 1. The van der Waals surface area contributed by atoms with Gasteiger partial charge in [-0.2, -0.15) is 0 Å². The van der Waals surface area contributed by atoms with Crippen molar-refractivity contribution in [2.24, 2.45) is 5.84 Å². The van der Waals surface area contributed by atoms with E-state index in [2.05, 4.69) is 0 Å². The predicted octanol–water partition coefficient (Wildman–Crippen LogP) is 2.12. The molecule has 0 aliphatic heterocycles. The highest BCUT2D eigenvalue weighted by atomic mass is 19.1. The Labute approximate surface area is 105 Å². The molecule has 1 aromatic carbocycles. The van der Waals surface area contributed by atoms with E-state index in [-0.39, 0.29) is 5.56 Å². The Morgan fingerprint density at radius 1 is 1.39 bits per heavy atom. The molecule has 0 saturated heterocycles. The summed E-state index contributed by atoms with van der Waals surface area (Å²) in [6.07, 6.45) is 1.78. The minimum atomic E-state index is -0.884. The van der Waals surface area contributed by atoms with E-state index < -0.39 is 23.2 Å². The van der Waals surface area contributed by atoms with Gasteiger partial charge >= 0.3 is 0 Å². The molecule has 3 N–H and O–H groups in total. The van der Waals surface area contributed by atoms with Gasteiger partial charge in [-0.1, -0.05) is 13.3 Å². The highest BCUT2D eigenvalue weighted by Crippen LogP contribution is 2.20. The Bertz CT molecular complexity index is 414. The normalized spacial score (nSPS) is 10.3. The molecule has 0 aliphatic carbocycles. The summed E-state index contributed by atoms with van der Waals surface area (Å²) >= 11 is 0. The molecule has 18 heavy (non-hydrogen) atoms. The van der Waals surface area contributed by atoms with Crippen molar-refractivity contribution < 1.29 is 13.6 Å². The highest BCUT2D eigenvalue weighted by molar-refractivity contribution is 5.94. The molecule has 0 heterocycles. The van der Waals surface area contributed by atoms with Gasteiger partial charge in [0.15, 0.2) is 11.6 Å². The molecule has 0 fully saturated rings. The molecule has 6 heteroatoms. The van der Waals surface area contributed by atoms with Crippen LogP contribution in [0.1, 0.15) is 30.1 Å². The first kappa shape index (κ1) is 14.4. The summed E-state index contributed by atoms with van der Waals surface area (Å²) in [5, 5.41) is 0. The largest absolute Gasteiger partial charge is 0.342 e. The number of carbonyl (C=O) groups is 1. The first-order valence-corrected chi connectivity index (χ1v) is 5.72. The number of rotatable bonds is 5. The van der Waals surface area contributed by atoms with Crippen LogP contribution in [0.4, 0.5) is 14.5 Å². The van der Waals surface area contributed by atoms with Crippen molar-refractivity contribution in [3.63, 3.8) is 0 Å². The van der Waals surface area contributed by atoms with Gasteiger partial charge in [-0.3, -0.25) is 10.6 Å². The fourth-order valence-electron chi connectivity index (χ4n) is 1.55. The van der Waals surface area contributed by atoms with Gasteiger partial charge in [0.25, 0.3) is 5.91 Å². The molecule has 0 unspecified atom stereocenters. The van der Waals surface area contributed by atoms with E-state index in [1.807, 2.05) is 12.3 Å². The van der Waals surface area contributed by atoms with Crippen LogP contribution in [0.2, 0.25) is 0 Å². The van der Waals surface area contributed by atoms with Crippen molar-refractivity contribution >= 4 is 11.6 Å². The van der Waals surface area contributed by atoms with Gasteiger partial charge in [-0.05, 0) is 18.6 Å². The zero-order valence-corrected chi connectivity index (χ0v) is 10.5. The van der Waals surface area contributed by atoms with Crippen LogP contribution in [0.15, 0.2) is 12.1 Å². The number of hydrogen-bond acceptors (Lipinski definition) is 3. The fraction of sp³-hybridized carbons (Fsp3) is 0.417. The van der Waals surface area contributed by atoms with E-state index >= 15 is 0 Å². The van der Waals surface area contributed by atoms with Crippen LogP contribution in [0, 0.1) is 11.6 Å². The number of nitrogens with two attached hydrogens (primary N) is 1. The second kappa shape index (κ2) is 6.30. The molecule has 0 atom stereocenters. The van der Waals surface area contributed by atoms with Gasteiger partial charge in [-0.25, -0.2) is 8.78 Å². The average Bonchev–Trinajstić information content (AvgIpc) is 2.34. The number of nitrogen functional groups attached to an aromatic ring is 1. The molecule has 100 valence electrons. The molecule has 0 bridgehead atoms. The van der Waals surface area contributed by atoms with E-state index in [0.717, 1.165) is 25.0 Å². The summed E-state index contributed by atoms with van der Waals surface area (Å²) in [5.41, 5.74) is 1.45. The molecule has 0 radical (unpaired) electrons. The summed E-state index contributed by atoms with van der Waals surface area (Å²) in [6.45, 7) is 2.55. The van der Waals surface area contributed by atoms with Gasteiger partial charge in [-0.15, -0.1) is 0 Å². The summed E-state index contributed by atoms with van der Waals surface area (Å²) < 4.78 is 26.9. The Balaban J connectivity index is 2.93. The van der Waals surface area contributed by atoms with Crippen LogP contribution in [-0.2, 0) is 0 Å². The SMILES string of the molecule is CCCCN(C)C(=O)c1cc(F)c(NN)c(F)c1. The van der Waals surface area contributed by atoms with Crippen molar-refractivity contribution in [2.45, 2.75) is 19.8 Å². The Kier molecular flexibility index (Phi) is 5.03. The van der Waals surface area contributed by atoms with Crippen LogP contribution in [0.5, 0.6) is 0 Å². The first-order chi connectivity index (χ1) is 8.51. The van der Waals surface area contributed by atoms with Gasteiger partial charge in [0.2, 0.25) is 0 Å². The monoisotopic (exact) mass is 257 g/mol. The van der Waals surface area contributed by atoms with Crippen molar-refractivity contribution in [1.82, 2.24) is 4.90 Å². The zero-order valence-electron chi connectivity index (χ0n) is 10.5. The second-order valence-electron chi connectivity index (χ2n) is 4.04. The topological polar surface area (TPSA) is 58.4 Å². The van der Waals surface area contributed by atoms with Crippen molar-refractivity contribution in [3.05, 3.63) is 29.3 Å². The van der Waals surface area contributed by atoms with Crippen LogP contribution in [0.25, 0.3) is 0 Å². The maximum atomic E-state index is 13.4. The van der Waals surface area contributed by atoms with E-state index in [1.165, 1.54) is 4.90 Å². The molecule has 0 saturated carbocycles. The molecule has 0 aromatic heterocycles. The molecule has 0 aliphatic rings. The second-order valence-corrected chi connectivity index (χ2v) is 4.04. The third kappa shape index (κ3) is 3.16. The highest BCUT2D eigenvalue weighted by Gasteiger charge is 2.17. The zero-order chi connectivity index (χ0) is 13.7. The molecule has 0 spiro atoms. The fourth-order valence-corrected chi connectivity index (χ4v) is 1.55. The van der Waals surface area contributed by atoms with Crippen LogP contribution in [0.3, 0.4) is 0 Å². The van der Waals surface area contributed by atoms with Gasteiger partial charge in [0, 0.05) is 19.2 Å². The van der Waals surface area contributed by atoms with E-state index in [4.69, 9.17) is 5.84 Å². The molecule has 1 amide bonds. The van der Waals surface area contributed by atoms with Crippen LogP contribution < -0.4 is 11.3 Å². The van der Waals surface area contributed by atoms with Crippen molar-refractivity contribution in [2.75, 3.05) is 19.0 Å². The Hall–Kier alpha value is -1.69. The lowest BCUT2D eigenvalue weighted by molar-refractivity contribution is 0.0792. The van der Waals surface area contributed by atoms with E-state index in [1.54, 1.807) is 7.05 Å². The van der Waals surface area contributed by atoms with E-state index in [9.17, 15) is 13.6 Å². The molecular weight excluding hydrogens is 240 g/mol. The minimum absolute atomic E-state index is 0.0254. The maximum absolute atomic E-state index is 13.4. The number of hydrogen-bond donors (Lipinski definition) is 2. The van der Waals surface area contributed by atoms with Crippen LogP contribution >= 0.6 is 0 Å². The predicted molar refractivity (Wildman–Crippen MR) is 66.0 cm³/mol. The lowest BCUT2D eigenvalue weighted by Gasteiger charge is -2.17. The van der Waals surface area contributed by atoms with Gasteiger partial charge in [0.05, 0.1) is 0 Å².